The van der Waals surface area contributed by atoms with Crippen LogP contribution in [0.5, 0.6) is 0 Å². The van der Waals surface area contributed by atoms with Crippen molar-refractivity contribution in [1.29, 1.82) is 0 Å². The molecule has 0 spiro atoms. The van der Waals surface area contributed by atoms with Crippen LogP contribution in [-0.2, 0) is 0 Å². The highest BCUT2D eigenvalue weighted by Gasteiger charge is 1.92. The number of nitrogens with two attached hydrogens (primary N) is 1. The largest absolute Gasteiger partial charge is 0.383 e. The summed E-state index contributed by atoms with van der Waals surface area (Å²) in [6.45, 7) is 1.78. The predicted molar refractivity (Wildman–Crippen MR) is 74.4 cm³/mol. The summed E-state index contributed by atoms with van der Waals surface area (Å²) in [5.74, 6) is 0.291. The summed E-state index contributed by atoms with van der Waals surface area (Å²) in [6.07, 6.45) is 2.90. The van der Waals surface area contributed by atoms with Crippen molar-refractivity contribution in [1.82, 2.24) is 19.9 Å². The van der Waals surface area contributed by atoms with E-state index in [4.69, 9.17) is 5.73 Å². The Morgan fingerprint density at radius 2 is 1.89 bits per heavy atom. The van der Waals surface area contributed by atoms with Crippen LogP contribution in [0.4, 0.5) is 5.82 Å². The van der Waals surface area contributed by atoms with Crippen LogP contribution in [-0.4, -0.2) is 19.9 Å². The minimum atomic E-state index is -0.472. The number of anilines is 1. The molecule has 0 unspecified atom stereocenters. The summed E-state index contributed by atoms with van der Waals surface area (Å²) in [5, 5.41) is 0. The molecule has 0 radical (unpaired) electrons. The Morgan fingerprint density at radius 3 is 2.33 bits per heavy atom. The number of hydrogen-bond donors (Lipinski definition) is 4. The zero-order valence-corrected chi connectivity index (χ0v) is 11.4. The van der Waals surface area contributed by atoms with Crippen molar-refractivity contribution < 1.29 is 0 Å². The van der Waals surface area contributed by atoms with Crippen molar-refractivity contribution in [3.8, 4) is 0 Å². The monoisotopic (exact) mass is 363 g/mol. The van der Waals surface area contributed by atoms with Crippen LogP contribution in [0.1, 0.15) is 5.56 Å². The lowest BCUT2D eigenvalue weighted by Gasteiger charge is -1.92. The van der Waals surface area contributed by atoms with E-state index in [1.54, 1.807) is 6.92 Å². The van der Waals surface area contributed by atoms with Crippen molar-refractivity contribution in [3.63, 3.8) is 0 Å². The van der Waals surface area contributed by atoms with Gasteiger partial charge in [0.25, 0.3) is 5.56 Å². The Kier molecular flexibility index (Phi) is 4.83. The van der Waals surface area contributed by atoms with E-state index in [9.17, 15) is 14.4 Å². The van der Waals surface area contributed by atoms with Crippen LogP contribution < -0.4 is 22.7 Å². The van der Waals surface area contributed by atoms with E-state index in [-0.39, 0.29) is 5.56 Å². The summed E-state index contributed by atoms with van der Waals surface area (Å²) >= 11 is 1.83. The zero-order chi connectivity index (χ0) is 13.7. The molecule has 0 bridgehead atoms. The van der Waals surface area contributed by atoms with Gasteiger partial charge in [-0.3, -0.25) is 9.78 Å². The number of nitrogen functional groups attached to an aromatic ring is 1. The maximum Gasteiger partial charge on any atom is 0.346 e. The van der Waals surface area contributed by atoms with Gasteiger partial charge in [0, 0.05) is 18.0 Å². The average molecular weight is 363 g/mol. The van der Waals surface area contributed by atoms with Gasteiger partial charge < -0.3 is 15.7 Å². The molecule has 2 aromatic rings. The van der Waals surface area contributed by atoms with Crippen molar-refractivity contribution >= 4 is 28.4 Å². The fourth-order valence-electron chi connectivity index (χ4n) is 0.867. The number of aromatic amines is 3. The molecular formula is C9H10IN5O3. The number of hydrogen-bond acceptors (Lipinski definition) is 5. The first-order chi connectivity index (χ1) is 8.40. The van der Waals surface area contributed by atoms with E-state index in [0.717, 1.165) is 5.56 Å². The Hall–Kier alpha value is -1.91. The maximum atomic E-state index is 10.6. The second-order valence-corrected chi connectivity index (χ2v) is 4.36. The number of nitrogens with zero attached hydrogens (tertiary/aromatic N) is 1. The molecule has 0 aliphatic carbocycles. The zero-order valence-electron chi connectivity index (χ0n) is 9.28. The first-order valence-corrected chi connectivity index (χ1v) is 5.77. The summed E-state index contributed by atoms with van der Waals surface area (Å²) in [7, 11) is 0. The van der Waals surface area contributed by atoms with Gasteiger partial charge in [-0.25, -0.2) is 9.59 Å². The topological polar surface area (TPSA) is 137 Å². The molecule has 0 amide bonds. The molecule has 0 saturated carbocycles. The molecule has 0 saturated heterocycles. The summed E-state index contributed by atoms with van der Waals surface area (Å²) in [4.78, 5) is 41.5. The minimum absolute atomic E-state index is 0.291. The molecule has 18 heavy (non-hydrogen) atoms. The van der Waals surface area contributed by atoms with Gasteiger partial charge in [-0.05, 0) is 29.5 Å². The molecular weight excluding hydrogens is 353 g/mol. The highest BCUT2D eigenvalue weighted by molar-refractivity contribution is 14.1. The fraction of sp³-hybridized carbons (Fsp3) is 0.111. The summed E-state index contributed by atoms with van der Waals surface area (Å²) < 4.78 is 0.479. The van der Waals surface area contributed by atoms with E-state index >= 15 is 0 Å². The van der Waals surface area contributed by atoms with Gasteiger partial charge in [0.15, 0.2) is 0 Å². The Bertz CT molecular complexity index is 702. The molecule has 0 aliphatic heterocycles. The van der Waals surface area contributed by atoms with Gasteiger partial charge in [-0.1, -0.05) is 0 Å². The second kappa shape index (κ2) is 6.14. The van der Waals surface area contributed by atoms with Gasteiger partial charge in [0.2, 0.25) is 0 Å². The smallest absolute Gasteiger partial charge is 0.346 e. The molecule has 2 aromatic heterocycles. The van der Waals surface area contributed by atoms with E-state index in [0.29, 0.717) is 9.39 Å². The highest BCUT2D eigenvalue weighted by Crippen LogP contribution is 1.97. The lowest BCUT2D eigenvalue weighted by atomic mass is 10.4. The SMILES string of the molecule is Cc1c[nH]c(=O)nc1N.O=c1[nH]cc(I)c(=O)[nH]1. The molecule has 2 heterocycles. The third kappa shape index (κ3) is 4.16. The lowest BCUT2D eigenvalue weighted by Crippen LogP contribution is -2.22. The predicted octanol–water partition coefficient (Wildman–Crippen LogP) is -0.672. The van der Waals surface area contributed by atoms with E-state index in [1.807, 2.05) is 22.6 Å². The van der Waals surface area contributed by atoms with Gasteiger partial charge in [0.05, 0.1) is 3.57 Å². The normalized spacial score (nSPS) is 9.44. The third-order valence-electron chi connectivity index (χ3n) is 1.81. The number of aromatic nitrogens is 4. The molecule has 9 heteroatoms. The molecule has 0 fully saturated rings. The van der Waals surface area contributed by atoms with Crippen molar-refractivity contribution in [3.05, 3.63) is 52.8 Å². The number of halogens is 1. The van der Waals surface area contributed by atoms with Crippen LogP contribution in [0.3, 0.4) is 0 Å². The minimum Gasteiger partial charge on any atom is -0.383 e. The van der Waals surface area contributed by atoms with Crippen LogP contribution >= 0.6 is 22.6 Å². The van der Waals surface area contributed by atoms with Crippen LogP contribution in [0, 0.1) is 10.5 Å². The molecule has 8 nitrogen and oxygen atoms in total. The van der Waals surface area contributed by atoms with Crippen molar-refractivity contribution in [2.24, 2.45) is 0 Å². The summed E-state index contributed by atoms with van der Waals surface area (Å²) in [6, 6.07) is 0. The number of H-pyrrole nitrogens is 3. The van der Waals surface area contributed by atoms with Gasteiger partial charge in [-0.15, -0.1) is 0 Å². The van der Waals surface area contributed by atoms with Crippen LogP contribution in [0.25, 0.3) is 0 Å². The first kappa shape index (κ1) is 14.2. The van der Waals surface area contributed by atoms with Crippen molar-refractivity contribution in [2.45, 2.75) is 6.92 Å². The Labute approximate surface area is 114 Å². The van der Waals surface area contributed by atoms with Gasteiger partial charge >= 0.3 is 11.4 Å². The van der Waals surface area contributed by atoms with Crippen LogP contribution in [0.15, 0.2) is 26.8 Å². The van der Waals surface area contributed by atoms with Crippen LogP contribution in [0.2, 0.25) is 0 Å². The molecule has 2 rings (SSSR count). The molecule has 0 aromatic carbocycles. The van der Waals surface area contributed by atoms with Gasteiger partial charge in [-0.2, -0.15) is 4.98 Å². The first-order valence-electron chi connectivity index (χ1n) is 4.69. The maximum absolute atomic E-state index is 10.6. The highest BCUT2D eigenvalue weighted by atomic mass is 127. The number of rotatable bonds is 0. The fourth-order valence-corrected chi connectivity index (χ4v) is 1.16. The van der Waals surface area contributed by atoms with E-state index in [1.165, 1.54) is 12.4 Å². The molecule has 5 N–H and O–H groups in total. The average Bonchev–Trinajstić information content (AvgIpc) is 2.30. The molecule has 0 aliphatic rings. The molecule has 96 valence electrons. The van der Waals surface area contributed by atoms with E-state index < -0.39 is 11.4 Å². The summed E-state index contributed by atoms with van der Waals surface area (Å²) in [5.41, 5.74) is 4.85. The van der Waals surface area contributed by atoms with Crippen molar-refractivity contribution in [2.75, 3.05) is 5.73 Å². The third-order valence-corrected chi connectivity index (χ3v) is 2.61. The number of nitrogens with one attached hydrogen (secondary N) is 3. The van der Waals surface area contributed by atoms with E-state index in [2.05, 4.69) is 19.9 Å². The number of aryl methyl sites for hydroxylation is 1. The Morgan fingerprint density at radius 1 is 1.22 bits per heavy atom. The quantitative estimate of drug-likeness (QED) is 0.460. The molecule has 0 atom stereocenters. The standard InChI is InChI=1S/C5H7N3O.C4H3IN2O2/c1-3-2-7-5(9)8-4(3)6;5-2-1-6-4(9)7-3(2)8/h2H,1H3,(H3,6,7,8,9);1H,(H2,6,7,8,9). The van der Waals surface area contributed by atoms with Gasteiger partial charge in [0.1, 0.15) is 5.82 Å². The Balaban J connectivity index is 0.000000180. The lowest BCUT2D eigenvalue weighted by molar-refractivity contribution is 1.02. The second-order valence-electron chi connectivity index (χ2n) is 3.19.